The molecule has 3 aromatic rings. The van der Waals surface area contributed by atoms with E-state index in [1.165, 1.54) is 17.8 Å². The molecule has 1 N–H and O–H groups in total. The van der Waals surface area contributed by atoms with Crippen LogP contribution in [0.3, 0.4) is 0 Å². The number of aromatic nitrogens is 1. The summed E-state index contributed by atoms with van der Waals surface area (Å²) < 4.78 is 10.6. The highest BCUT2D eigenvalue weighted by molar-refractivity contribution is 8.01. The Labute approximate surface area is 166 Å². The first-order valence-corrected chi connectivity index (χ1v) is 9.51. The highest BCUT2D eigenvalue weighted by atomic mass is 32.2. The first-order valence-electron chi connectivity index (χ1n) is 8.46. The minimum Gasteiger partial charge on any atom is -0.468 e. The summed E-state index contributed by atoms with van der Waals surface area (Å²) in [5.74, 6) is 0.697. The summed E-state index contributed by atoms with van der Waals surface area (Å²) in [4.78, 5) is 28.6. The molecule has 0 radical (unpaired) electrons. The molecule has 0 aliphatic carbocycles. The number of amides is 1. The van der Waals surface area contributed by atoms with Crippen LogP contribution in [0.4, 0.5) is 5.69 Å². The number of thioether (sulfide) groups is 1. The number of anilines is 1. The number of nitrogens with zero attached hydrogens (tertiary/aromatic N) is 1. The number of esters is 1. The van der Waals surface area contributed by atoms with Crippen LogP contribution in [0.5, 0.6) is 5.75 Å². The number of furan rings is 1. The molecular weight excluding hydrogens is 376 g/mol. The van der Waals surface area contributed by atoms with Crippen LogP contribution in [-0.2, 0) is 10.5 Å². The molecule has 3 rings (SSSR count). The molecule has 2 heterocycles. The summed E-state index contributed by atoms with van der Waals surface area (Å²) >= 11 is 1.40. The van der Waals surface area contributed by atoms with E-state index in [0.29, 0.717) is 11.4 Å². The van der Waals surface area contributed by atoms with Gasteiger partial charge in [-0.25, -0.2) is 4.79 Å². The molecule has 0 spiro atoms. The van der Waals surface area contributed by atoms with Gasteiger partial charge in [0.05, 0.1) is 17.6 Å². The second-order valence-electron chi connectivity index (χ2n) is 5.80. The number of carbonyl (C=O) groups excluding carboxylic acids is 2. The second-order valence-corrected chi connectivity index (χ2v) is 6.70. The van der Waals surface area contributed by atoms with Crippen LogP contribution < -0.4 is 10.1 Å². The van der Waals surface area contributed by atoms with Crippen molar-refractivity contribution < 1.29 is 18.7 Å². The van der Waals surface area contributed by atoms with Crippen molar-refractivity contribution in [3.63, 3.8) is 0 Å². The normalized spacial score (nSPS) is 10.8. The number of aryl methyl sites for hydroxylation is 1. The van der Waals surface area contributed by atoms with Gasteiger partial charge in [-0.15, -0.1) is 11.8 Å². The Hall–Kier alpha value is -3.32. The highest BCUT2D eigenvalue weighted by Crippen LogP contribution is 2.22. The summed E-state index contributed by atoms with van der Waals surface area (Å²) in [6.07, 6.45) is 6.08. The predicted octanol–water partition coefficient (Wildman–Crippen LogP) is 4.59. The van der Waals surface area contributed by atoms with Gasteiger partial charge in [0.2, 0.25) is 0 Å². The second kappa shape index (κ2) is 9.57. The standard InChI is InChI=1S/C21H18N2O4S/c1-15-4-5-19(18(13-15)21(25)23-16-6-9-22-10-7-16)27-20(24)8-12-28-14-17-3-2-11-26-17/h2-13H,14H2,1H3,(H,22,23,25)/b12-8+. The number of hydrogen-bond donors (Lipinski definition) is 1. The molecule has 0 saturated carbocycles. The topological polar surface area (TPSA) is 81.4 Å². The van der Waals surface area contributed by atoms with E-state index in [2.05, 4.69) is 10.3 Å². The van der Waals surface area contributed by atoms with Gasteiger partial charge in [0.1, 0.15) is 11.5 Å². The average molecular weight is 394 g/mol. The maximum Gasteiger partial charge on any atom is 0.336 e. The summed E-state index contributed by atoms with van der Waals surface area (Å²) in [5.41, 5.74) is 1.76. The molecule has 28 heavy (non-hydrogen) atoms. The van der Waals surface area contributed by atoms with Gasteiger partial charge >= 0.3 is 5.97 Å². The average Bonchev–Trinajstić information content (AvgIpc) is 3.21. The Kier molecular flexibility index (Phi) is 6.64. The molecule has 7 heteroatoms. The Morgan fingerprint density at radius 1 is 1.21 bits per heavy atom. The number of nitrogens with one attached hydrogen (secondary N) is 1. The minimum atomic E-state index is -0.561. The fourth-order valence-electron chi connectivity index (χ4n) is 2.31. The van der Waals surface area contributed by atoms with Gasteiger partial charge in [-0.2, -0.15) is 0 Å². The zero-order valence-corrected chi connectivity index (χ0v) is 15.9. The molecule has 0 fully saturated rings. The fourth-order valence-corrected chi connectivity index (χ4v) is 2.95. The number of benzene rings is 1. The van der Waals surface area contributed by atoms with E-state index in [-0.39, 0.29) is 17.2 Å². The van der Waals surface area contributed by atoms with Gasteiger partial charge in [0.15, 0.2) is 0 Å². The Morgan fingerprint density at radius 2 is 2.04 bits per heavy atom. The summed E-state index contributed by atoms with van der Waals surface area (Å²) in [5, 5.41) is 4.40. The molecular formula is C21H18N2O4S. The lowest BCUT2D eigenvalue weighted by Gasteiger charge is -2.10. The van der Waals surface area contributed by atoms with Crippen molar-refractivity contribution in [2.24, 2.45) is 0 Å². The minimum absolute atomic E-state index is 0.197. The van der Waals surface area contributed by atoms with Crippen LogP contribution in [0.1, 0.15) is 21.7 Å². The molecule has 142 valence electrons. The number of pyridine rings is 1. The van der Waals surface area contributed by atoms with Crippen molar-refractivity contribution in [2.45, 2.75) is 12.7 Å². The fraction of sp³-hybridized carbons (Fsp3) is 0.0952. The predicted molar refractivity (Wildman–Crippen MR) is 108 cm³/mol. The van der Waals surface area contributed by atoms with Gasteiger partial charge < -0.3 is 14.5 Å². The van der Waals surface area contributed by atoms with Crippen molar-refractivity contribution in [1.29, 1.82) is 0 Å². The van der Waals surface area contributed by atoms with Crippen molar-refractivity contribution in [3.8, 4) is 5.75 Å². The lowest BCUT2D eigenvalue weighted by atomic mass is 10.1. The van der Waals surface area contributed by atoms with E-state index in [9.17, 15) is 9.59 Å². The van der Waals surface area contributed by atoms with Crippen molar-refractivity contribution in [1.82, 2.24) is 4.98 Å². The molecule has 0 saturated heterocycles. The number of ether oxygens (including phenoxy) is 1. The zero-order chi connectivity index (χ0) is 19.8. The molecule has 0 unspecified atom stereocenters. The van der Waals surface area contributed by atoms with Crippen LogP contribution in [0, 0.1) is 6.92 Å². The molecule has 6 nitrogen and oxygen atoms in total. The van der Waals surface area contributed by atoms with E-state index in [1.54, 1.807) is 54.4 Å². The van der Waals surface area contributed by atoms with Crippen LogP contribution in [0.15, 0.2) is 77.0 Å². The van der Waals surface area contributed by atoms with Crippen molar-refractivity contribution in [2.75, 3.05) is 5.32 Å². The monoisotopic (exact) mass is 394 g/mol. The molecule has 1 aromatic carbocycles. The van der Waals surface area contributed by atoms with Gasteiger partial charge in [-0.05, 0) is 48.7 Å². The van der Waals surface area contributed by atoms with E-state index in [0.717, 1.165) is 11.3 Å². The quantitative estimate of drug-likeness (QED) is 0.359. The molecule has 0 aliphatic heterocycles. The van der Waals surface area contributed by atoms with E-state index < -0.39 is 5.97 Å². The lowest BCUT2D eigenvalue weighted by molar-refractivity contribution is -0.128. The van der Waals surface area contributed by atoms with Gasteiger partial charge in [0.25, 0.3) is 5.91 Å². The van der Waals surface area contributed by atoms with Crippen molar-refractivity contribution >= 4 is 29.3 Å². The van der Waals surface area contributed by atoms with Crippen LogP contribution in [-0.4, -0.2) is 16.9 Å². The molecule has 0 atom stereocenters. The number of rotatable bonds is 7. The summed E-state index contributed by atoms with van der Waals surface area (Å²) in [6.45, 7) is 1.86. The van der Waals surface area contributed by atoms with Gasteiger partial charge in [0, 0.05) is 24.2 Å². The Bertz CT molecular complexity index is 969. The molecule has 0 aliphatic rings. The molecule has 0 bridgehead atoms. The first kappa shape index (κ1) is 19.4. The van der Waals surface area contributed by atoms with E-state index in [4.69, 9.17) is 9.15 Å². The highest BCUT2D eigenvalue weighted by Gasteiger charge is 2.15. The third-order valence-corrected chi connectivity index (χ3v) is 4.41. The Balaban J connectivity index is 1.64. The van der Waals surface area contributed by atoms with Crippen LogP contribution in [0.2, 0.25) is 0 Å². The van der Waals surface area contributed by atoms with Gasteiger partial charge in [-0.1, -0.05) is 11.6 Å². The van der Waals surface area contributed by atoms with Crippen LogP contribution >= 0.6 is 11.8 Å². The molecule has 2 aromatic heterocycles. The van der Waals surface area contributed by atoms with Crippen LogP contribution in [0.25, 0.3) is 0 Å². The largest absolute Gasteiger partial charge is 0.468 e. The number of carbonyl (C=O) groups is 2. The van der Waals surface area contributed by atoms with Crippen molar-refractivity contribution in [3.05, 3.63) is 89.5 Å². The van der Waals surface area contributed by atoms with E-state index >= 15 is 0 Å². The maximum atomic E-state index is 12.6. The number of hydrogen-bond acceptors (Lipinski definition) is 6. The first-order chi connectivity index (χ1) is 13.6. The summed E-state index contributed by atoms with van der Waals surface area (Å²) in [6, 6.07) is 12.1. The van der Waals surface area contributed by atoms with E-state index in [1.807, 2.05) is 19.1 Å². The molecule has 1 amide bonds. The third kappa shape index (κ3) is 5.59. The summed E-state index contributed by atoms with van der Waals surface area (Å²) in [7, 11) is 0. The van der Waals surface area contributed by atoms with Gasteiger partial charge in [-0.3, -0.25) is 9.78 Å². The third-order valence-electron chi connectivity index (χ3n) is 3.63. The SMILES string of the molecule is Cc1ccc(OC(=O)/C=C/SCc2ccco2)c(C(=O)Nc2ccncc2)c1. The Morgan fingerprint density at radius 3 is 2.79 bits per heavy atom. The zero-order valence-electron chi connectivity index (χ0n) is 15.1. The maximum absolute atomic E-state index is 12.6. The lowest BCUT2D eigenvalue weighted by Crippen LogP contribution is -2.15. The smallest absolute Gasteiger partial charge is 0.336 e.